The number of hydrogen-bond acceptors (Lipinski definition) is 3. The molecule has 2 rings (SSSR count). The third-order valence-electron chi connectivity index (χ3n) is 4.11. The Morgan fingerprint density at radius 2 is 2.05 bits per heavy atom. The zero-order valence-electron chi connectivity index (χ0n) is 11.9. The van der Waals surface area contributed by atoms with Crippen molar-refractivity contribution in [1.82, 2.24) is 4.90 Å². The van der Waals surface area contributed by atoms with E-state index in [1.54, 1.807) is 0 Å². The smallest absolute Gasteiger partial charge is 0.0628 e. The minimum Gasteiger partial charge on any atom is -0.398 e. The number of rotatable bonds is 6. The summed E-state index contributed by atoms with van der Waals surface area (Å²) in [6.45, 7) is 6.30. The maximum atomic E-state index is 8.94. The van der Waals surface area contributed by atoms with Gasteiger partial charge in [-0.15, -0.1) is 0 Å². The van der Waals surface area contributed by atoms with Crippen molar-refractivity contribution in [3.8, 4) is 6.07 Å². The van der Waals surface area contributed by atoms with E-state index in [4.69, 9.17) is 11.0 Å². The molecule has 3 heteroatoms. The van der Waals surface area contributed by atoms with Crippen LogP contribution in [-0.2, 0) is 6.54 Å². The molecule has 0 aromatic heterocycles. The molecule has 0 radical (unpaired) electrons. The van der Waals surface area contributed by atoms with Crippen LogP contribution in [0.2, 0.25) is 0 Å². The van der Waals surface area contributed by atoms with Gasteiger partial charge in [0.1, 0.15) is 0 Å². The zero-order chi connectivity index (χ0) is 13.9. The SMILES string of the molecule is CC(C)N(Cc1ccccc1N)CC1(CC#N)CC1. The number of para-hydroxylation sites is 1. The van der Waals surface area contributed by atoms with Gasteiger partial charge >= 0.3 is 0 Å². The summed E-state index contributed by atoms with van der Waals surface area (Å²) in [5, 5.41) is 8.94. The first-order valence-corrected chi connectivity index (χ1v) is 7.01. The Labute approximate surface area is 116 Å². The molecule has 102 valence electrons. The van der Waals surface area contributed by atoms with Crippen LogP contribution in [0, 0.1) is 16.7 Å². The molecule has 1 fully saturated rings. The average molecular weight is 257 g/mol. The summed E-state index contributed by atoms with van der Waals surface area (Å²) in [7, 11) is 0. The lowest BCUT2D eigenvalue weighted by Gasteiger charge is -2.30. The molecule has 0 unspecified atom stereocenters. The first kappa shape index (κ1) is 13.9. The highest BCUT2D eigenvalue weighted by Crippen LogP contribution is 2.49. The number of nitrogens with two attached hydrogens (primary N) is 1. The van der Waals surface area contributed by atoms with Crippen molar-refractivity contribution in [1.29, 1.82) is 5.26 Å². The Hall–Kier alpha value is -1.53. The molecule has 1 saturated carbocycles. The molecule has 19 heavy (non-hydrogen) atoms. The molecule has 0 amide bonds. The average Bonchev–Trinajstić information content (AvgIpc) is 3.11. The second-order valence-electron chi connectivity index (χ2n) is 6.03. The largest absolute Gasteiger partial charge is 0.398 e. The predicted molar refractivity (Wildman–Crippen MR) is 78.3 cm³/mol. The maximum absolute atomic E-state index is 8.94. The fraction of sp³-hybridized carbons (Fsp3) is 0.562. The lowest BCUT2D eigenvalue weighted by Crippen LogP contribution is -2.35. The molecule has 1 aliphatic rings. The van der Waals surface area contributed by atoms with E-state index in [9.17, 15) is 0 Å². The normalized spacial score (nSPS) is 16.6. The number of nitrogen functional groups attached to an aromatic ring is 1. The summed E-state index contributed by atoms with van der Waals surface area (Å²) in [6, 6.07) is 10.9. The monoisotopic (exact) mass is 257 g/mol. The van der Waals surface area contributed by atoms with Crippen molar-refractivity contribution in [3.05, 3.63) is 29.8 Å². The Bertz CT molecular complexity index is 469. The second kappa shape index (κ2) is 5.63. The van der Waals surface area contributed by atoms with E-state index in [0.29, 0.717) is 12.5 Å². The maximum Gasteiger partial charge on any atom is 0.0628 e. The van der Waals surface area contributed by atoms with Gasteiger partial charge in [-0.3, -0.25) is 4.90 Å². The summed E-state index contributed by atoms with van der Waals surface area (Å²) < 4.78 is 0. The van der Waals surface area contributed by atoms with Crippen LogP contribution in [0.4, 0.5) is 5.69 Å². The number of hydrogen-bond donors (Lipinski definition) is 1. The summed E-state index contributed by atoms with van der Waals surface area (Å²) in [6.07, 6.45) is 3.06. The third-order valence-corrected chi connectivity index (χ3v) is 4.11. The molecule has 2 N–H and O–H groups in total. The highest BCUT2D eigenvalue weighted by Gasteiger charge is 2.43. The molecule has 0 aliphatic heterocycles. The molecule has 0 spiro atoms. The molecule has 3 nitrogen and oxygen atoms in total. The van der Waals surface area contributed by atoms with Crippen molar-refractivity contribution in [3.63, 3.8) is 0 Å². The van der Waals surface area contributed by atoms with E-state index in [1.807, 2.05) is 18.2 Å². The van der Waals surface area contributed by atoms with Crippen LogP contribution >= 0.6 is 0 Å². The first-order valence-electron chi connectivity index (χ1n) is 7.01. The topological polar surface area (TPSA) is 53.0 Å². The Morgan fingerprint density at radius 3 is 2.58 bits per heavy atom. The number of benzene rings is 1. The summed E-state index contributed by atoms with van der Waals surface area (Å²) in [5.41, 5.74) is 8.32. The van der Waals surface area contributed by atoms with Crippen LogP contribution in [-0.4, -0.2) is 17.5 Å². The van der Waals surface area contributed by atoms with E-state index in [0.717, 1.165) is 18.8 Å². The quantitative estimate of drug-likeness (QED) is 0.796. The van der Waals surface area contributed by atoms with Gasteiger partial charge < -0.3 is 5.73 Å². The summed E-state index contributed by atoms with van der Waals surface area (Å²) >= 11 is 0. The van der Waals surface area contributed by atoms with Crippen LogP contribution in [0.3, 0.4) is 0 Å². The zero-order valence-corrected chi connectivity index (χ0v) is 11.9. The van der Waals surface area contributed by atoms with Crippen molar-refractivity contribution in [2.24, 2.45) is 5.41 Å². The molecule has 0 saturated heterocycles. The first-order chi connectivity index (χ1) is 9.06. The van der Waals surface area contributed by atoms with Crippen LogP contribution < -0.4 is 5.73 Å². The summed E-state index contributed by atoms with van der Waals surface area (Å²) in [5.74, 6) is 0. The van der Waals surface area contributed by atoms with Crippen molar-refractivity contribution in [2.75, 3.05) is 12.3 Å². The lowest BCUT2D eigenvalue weighted by molar-refractivity contribution is 0.170. The molecule has 1 aromatic rings. The standard InChI is InChI=1S/C16H23N3/c1-13(2)19(12-16(7-8-16)9-10-17)11-14-5-3-4-6-15(14)18/h3-6,13H,7-9,11-12,18H2,1-2H3. The van der Waals surface area contributed by atoms with Gasteiger partial charge in [0.25, 0.3) is 0 Å². The van der Waals surface area contributed by atoms with Gasteiger partial charge in [-0.05, 0) is 43.7 Å². The van der Waals surface area contributed by atoms with E-state index in [1.165, 1.54) is 18.4 Å². The number of nitrogens with zero attached hydrogens (tertiary/aromatic N) is 2. The van der Waals surface area contributed by atoms with Gasteiger partial charge in [-0.25, -0.2) is 0 Å². The van der Waals surface area contributed by atoms with Gasteiger partial charge in [0.15, 0.2) is 0 Å². The van der Waals surface area contributed by atoms with Gasteiger partial charge in [0.05, 0.1) is 6.07 Å². The highest BCUT2D eigenvalue weighted by molar-refractivity contribution is 5.46. The molecule has 0 heterocycles. The minimum absolute atomic E-state index is 0.253. The molecular formula is C16H23N3. The molecule has 0 atom stereocenters. The Balaban J connectivity index is 2.05. The second-order valence-corrected chi connectivity index (χ2v) is 6.03. The fourth-order valence-corrected chi connectivity index (χ4v) is 2.48. The van der Waals surface area contributed by atoms with Crippen LogP contribution in [0.25, 0.3) is 0 Å². The molecular weight excluding hydrogens is 234 g/mol. The molecule has 1 aromatic carbocycles. The Kier molecular flexibility index (Phi) is 4.11. The predicted octanol–water partition coefficient (Wildman–Crippen LogP) is 3.17. The van der Waals surface area contributed by atoms with E-state index < -0.39 is 0 Å². The third kappa shape index (κ3) is 3.48. The number of nitriles is 1. The van der Waals surface area contributed by atoms with Gasteiger partial charge in [0, 0.05) is 31.2 Å². The minimum atomic E-state index is 0.253. The van der Waals surface area contributed by atoms with Gasteiger partial charge in [-0.1, -0.05) is 18.2 Å². The molecule has 0 bridgehead atoms. The van der Waals surface area contributed by atoms with Crippen LogP contribution in [0.1, 0.15) is 38.7 Å². The van der Waals surface area contributed by atoms with Crippen LogP contribution in [0.5, 0.6) is 0 Å². The van der Waals surface area contributed by atoms with E-state index in [-0.39, 0.29) is 5.41 Å². The summed E-state index contributed by atoms with van der Waals surface area (Å²) in [4.78, 5) is 2.44. The van der Waals surface area contributed by atoms with Gasteiger partial charge in [0.2, 0.25) is 0 Å². The van der Waals surface area contributed by atoms with Gasteiger partial charge in [-0.2, -0.15) is 5.26 Å². The highest BCUT2D eigenvalue weighted by atomic mass is 15.2. The number of anilines is 1. The van der Waals surface area contributed by atoms with Crippen molar-refractivity contribution >= 4 is 5.69 Å². The van der Waals surface area contributed by atoms with Crippen LogP contribution in [0.15, 0.2) is 24.3 Å². The van der Waals surface area contributed by atoms with E-state index in [2.05, 4.69) is 30.9 Å². The lowest BCUT2D eigenvalue weighted by atomic mass is 10.0. The molecule has 1 aliphatic carbocycles. The van der Waals surface area contributed by atoms with Crippen molar-refractivity contribution < 1.29 is 0 Å². The Morgan fingerprint density at radius 1 is 1.37 bits per heavy atom. The fourth-order valence-electron chi connectivity index (χ4n) is 2.48. The van der Waals surface area contributed by atoms with Crippen molar-refractivity contribution in [2.45, 2.75) is 45.7 Å². The van der Waals surface area contributed by atoms with E-state index >= 15 is 0 Å².